The van der Waals surface area contributed by atoms with E-state index >= 15 is 0 Å². The molecule has 1 atom stereocenters. The Morgan fingerprint density at radius 2 is 2.24 bits per heavy atom. The van der Waals surface area contributed by atoms with Crippen molar-refractivity contribution in [1.82, 2.24) is 5.43 Å². The van der Waals surface area contributed by atoms with Gasteiger partial charge in [0.1, 0.15) is 11.6 Å². The molecule has 1 unspecified atom stereocenters. The highest BCUT2D eigenvalue weighted by molar-refractivity contribution is 9.10. The van der Waals surface area contributed by atoms with Crippen LogP contribution in [0, 0.1) is 5.82 Å². The second-order valence-corrected chi connectivity index (χ2v) is 4.58. The number of nitrogens with two attached hydrogens (primary N) is 1. The van der Waals surface area contributed by atoms with Gasteiger partial charge in [-0.15, -0.1) is 0 Å². The standard InChI is InChI=1S/C12H12BrFN2O/c13-8-3-4-10(11(14)6-8)12(16-15)7-9-2-1-5-17-9/h1-6,12,16H,7,15H2. The van der Waals surface area contributed by atoms with E-state index in [0.717, 1.165) is 5.76 Å². The van der Waals surface area contributed by atoms with E-state index in [1.54, 1.807) is 24.5 Å². The van der Waals surface area contributed by atoms with Gasteiger partial charge in [0.05, 0.1) is 12.3 Å². The SMILES string of the molecule is NNC(Cc1ccco1)c1ccc(Br)cc1F. The molecule has 5 heteroatoms. The monoisotopic (exact) mass is 298 g/mol. The third-order valence-corrected chi connectivity index (χ3v) is 3.02. The number of hydrogen-bond donors (Lipinski definition) is 2. The average Bonchev–Trinajstić information content (AvgIpc) is 2.79. The van der Waals surface area contributed by atoms with Crippen LogP contribution in [0.4, 0.5) is 4.39 Å². The molecule has 0 aliphatic rings. The Morgan fingerprint density at radius 1 is 1.41 bits per heavy atom. The van der Waals surface area contributed by atoms with Gasteiger partial charge in [0.2, 0.25) is 0 Å². The predicted octanol–water partition coefficient (Wildman–Crippen LogP) is 2.93. The fraction of sp³-hybridized carbons (Fsp3) is 0.167. The third kappa shape index (κ3) is 2.94. The van der Waals surface area contributed by atoms with Gasteiger partial charge in [0, 0.05) is 16.5 Å². The van der Waals surface area contributed by atoms with Crippen molar-refractivity contribution in [3.8, 4) is 0 Å². The van der Waals surface area contributed by atoms with Gasteiger partial charge in [-0.3, -0.25) is 11.3 Å². The molecule has 0 bridgehead atoms. The van der Waals surface area contributed by atoms with Gasteiger partial charge < -0.3 is 4.42 Å². The highest BCUT2D eigenvalue weighted by atomic mass is 79.9. The number of halogens is 2. The normalized spacial score (nSPS) is 12.6. The van der Waals surface area contributed by atoms with Crippen molar-refractivity contribution in [2.75, 3.05) is 0 Å². The van der Waals surface area contributed by atoms with Crippen molar-refractivity contribution in [1.29, 1.82) is 0 Å². The van der Waals surface area contributed by atoms with E-state index in [-0.39, 0.29) is 11.9 Å². The lowest BCUT2D eigenvalue weighted by atomic mass is 10.0. The van der Waals surface area contributed by atoms with Crippen molar-refractivity contribution < 1.29 is 8.81 Å². The summed E-state index contributed by atoms with van der Waals surface area (Å²) < 4.78 is 19.7. The van der Waals surface area contributed by atoms with E-state index in [1.807, 2.05) is 6.07 Å². The zero-order valence-electron chi connectivity index (χ0n) is 8.99. The van der Waals surface area contributed by atoms with Crippen LogP contribution in [-0.2, 0) is 6.42 Å². The van der Waals surface area contributed by atoms with E-state index in [0.29, 0.717) is 16.5 Å². The van der Waals surface area contributed by atoms with Crippen molar-refractivity contribution in [3.05, 3.63) is 58.2 Å². The fourth-order valence-corrected chi connectivity index (χ4v) is 2.01. The van der Waals surface area contributed by atoms with Gasteiger partial charge in [-0.25, -0.2) is 4.39 Å². The fourth-order valence-electron chi connectivity index (χ4n) is 1.67. The minimum Gasteiger partial charge on any atom is -0.469 e. The summed E-state index contributed by atoms with van der Waals surface area (Å²) in [4.78, 5) is 0. The molecule has 0 radical (unpaired) electrons. The molecule has 2 aromatic rings. The maximum atomic E-state index is 13.8. The third-order valence-electron chi connectivity index (χ3n) is 2.52. The Balaban J connectivity index is 2.23. The van der Waals surface area contributed by atoms with Crippen molar-refractivity contribution in [3.63, 3.8) is 0 Å². The molecular formula is C12H12BrFN2O. The van der Waals surface area contributed by atoms with E-state index < -0.39 is 0 Å². The summed E-state index contributed by atoms with van der Waals surface area (Å²) >= 11 is 3.22. The van der Waals surface area contributed by atoms with Crippen LogP contribution in [-0.4, -0.2) is 0 Å². The second kappa shape index (κ2) is 5.44. The Kier molecular flexibility index (Phi) is 3.93. The molecule has 17 heavy (non-hydrogen) atoms. The van der Waals surface area contributed by atoms with Crippen LogP contribution in [0.15, 0.2) is 45.5 Å². The summed E-state index contributed by atoms with van der Waals surface area (Å²) in [7, 11) is 0. The molecule has 2 rings (SSSR count). The average molecular weight is 299 g/mol. The minimum atomic E-state index is -0.311. The van der Waals surface area contributed by atoms with Crippen LogP contribution in [0.3, 0.4) is 0 Å². The topological polar surface area (TPSA) is 51.2 Å². The quantitative estimate of drug-likeness (QED) is 0.674. The van der Waals surface area contributed by atoms with Crippen LogP contribution in [0.1, 0.15) is 17.4 Å². The summed E-state index contributed by atoms with van der Waals surface area (Å²) in [6.45, 7) is 0. The summed E-state index contributed by atoms with van der Waals surface area (Å²) in [5, 5.41) is 0. The number of hydrogen-bond acceptors (Lipinski definition) is 3. The molecular weight excluding hydrogens is 287 g/mol. The molecule has 0 amide bonds. The van der Waals surface area contributed by atoms with E-state index in [2.05, 4.69) is 21.4 Å². The molecule has 1 heterocycles. The number of benzene rings is 1. The second-order valence-electron chi connectivity index (χ2n) is 3.67. The number of hydrazine groups is 1. The summed E-state index contributed by atoms with van der Waals surface area (Å²) in [5.41, 5.74) is 3.12. The highest BCUT2D eigenvalue weighted by Crippen LogP contribution is 2.23. The van der Waals surface area contributed by atoms with E-state index in [9.17, 15) is 4.39 Å². The smallest absolute Gasteiger partial charge is 0.129 e. The number of furan rings is 1. The lowest BCUT2D eigenvalue weighted by molar-refractivity contribution is 0.443. The lowest BCUT2D eigenvalue weighted by Crippen LogP contribution is -2.30. The van der Waals surface area contributed by atoms with Crippen LogP contribution in [0.2, 0.25) is 0 Å². The van der Waals surface area contributed by atoms with E-state index in [4.69, 9.17) is 10.3 Å². The first-order valence-electron chi connectivity index (χ1n) is 5.14. The molecule has 3 N–H and O–H groups in total. The van der Waals surface area contributed by atoms with Gasteiger partial charge in [-0.2, -0.15) is 0 Å². The molecule has 0 aliphatic heterocycles. The molecule has 0 aliphatic carbocycles. The molecule has 1 aromatic carbocycles. The zero-order valence-corrected chi connectivity index (χ0v) is 10.6. The maximum absolute atomic E-state index is 13.8. The molecule has 90 valence electrons. The lowest BCUT2D eigenvalue weighted by Gasteiger charge is -2.15. The first-order valence-corrected chi connectivity index (χ1v) is 5.93. The van der Waals surface area contributed by atoms with Gasteiger partial charge in [-0.05, 0) is 24.3 Å². The maximum Gasteiger partial charge on any atom is 0.129 e. The summed E-state index contributed by atoms with van der Waals surface area (Å²) in [5.74, 6) is 5.92. The van der Waals surface area contributed by atoms with Crippen LogP contribution in [0.25, 0.3) is 0 Å². The highest BCUT2D eigenvalue weighted by Gasteiger charge is 2.16. The molecule has 0 spiro atoms. The molecule has 0 saturated carbocycles. The van der Waals surface area contributed by atoms with Gasteiger partial charge in [0.25, 0.3) is 0 Å². The molecule has 1 aromatic heterocycles. The number of nitrogens with one attached hydrogen (secondary N) is 1. The van der Waals surface area contributed by atoms with Crippen LogP contribution in [0.5, 0.6) is 0 Å². The summed E-state index contributed by atoms with van der Waals surface area (Å²) in [6.07, 6.45) is 2.09. The van der Waals surface area contributed by atoms with Gasteiger partial charge in [0.15, 0.2) is 0 Å². The molecule has 0 fully saturated rings. The Morgan fingerprint density at radius 3 is 2.82 bits per heavy atom. The Bertz CT molecular complexity index is 487. The summed E-state index contributed by atoms with van der Waals surface area (Å²) in [6, 6.07) is 8.22. The van der Waals surface area contributed by atoms with Gasteiger partial charge >= 0.3 is 0 Å². The van der Waals surface area contributed by atoms with Crippen molar-refractivity contribution in [2.24, 2.45) is 5.84 Å². The molecule has 3 nitrogen and oxygen atoms in total. The van der Waals surface area contributed by atoms with Gasteiger partial charge in [-0.1, -0.05) is 22.0 Å². The van der Waals surface area contributed by atoms with Crippen molar-refractivity contribution >= 4 is 15.9 Å². The predicted molar refractivity (Wildman–Crippen MR) is 66.6 cm³/mol. The van der Waals surface area contributed by atoms with Crippen molar-refractivity contribution in [2.45, 2.75) is 12.5 Å². The molecule has 0 saturated heterocycles. The van der Waals surface area contributed by atoms with Crippen LogP contribution >= 0.6 is 15.9 Å². The Hall–Kier alpha value is -1.17. The van der Waals surface area contributed by atoms with Crippen LogP contribution < -0.4 is 11.3 Å². The largest absolute Gasteiger partial charge is 0.469 e. The van der Waals surface area contributed by atoms with E-state index in [1.165, 1.54) is 6.07 Å². The first kappa shape index (κ1) is 12.3. The Labute approximate surface area is 107 Å². The first-order chi connectivity index (χ1) is 8.20. The zero-order chi connectivity index (χ0) is 12.3. The number of rotatable bonds is 4. The minimum absolute atomic E-state index is 0.297.